The van der Waals surface area contributed by atoms with Crippen molar-refractivity contribution in [1.82, 2.24) is 15.6 Å². The van der Waals surface area contributed by atoms with Crippen LogP contribution in [0, 0.1) is 11.7 Å². The van der Waals surface area contributed by atoms with Gasteiger partial charge in [0.25, 0.3) is 11.8 Å². The molecular formula is C29H27FN4O7S2. The largest absolute Gasteiger partial charge is 0.437 e. The number of pyridine rings is 1. The molecule has 2 aromatic carbocycles. The van der Waals surface area contributed by atoms with E-state index in [0.717, 1.165) is 25.5 Å². The van der Waals surface area contributed by atoms with Crippen LogP contribution in [0.3, 0.4) is 0 Å². The van der Waals surface area contributed by atoms with Crippen molar-refractivity contribution in [2.45, 2.75) is 24.8 Å². The Morgan fingerprint density at radius 3 is 2.35 bits per heavy atom. The van der Waals surface area contributed by atoms with Gasteiger partial charge in [0.2, 0.25) is 16.6 Å². The predicted molar refractivity (Wildman–Crippen MR) is 158 cm³/mol. The van der Waals surface area contributed by atoms with Gasteiger partial charge in [0, 0.05) is 35.5 Å². The summed E-state index contributed by atoms with van der Waals surface area (Å²) in [5.41, 5.74) is 0.917. The topological polar surface area (TPSA) is 156 Å². The Bertz CT molecular complexity index is 1960. The summed E-state index contributed by atoms with van der Waals surface area (Å²) in [5.74, 6) is -1.80. The average molecular weight is 627 g/mol. The third kappa shape index (κ3) is 5.36. The molecule has 0 atom stereocenters. The molecule has 0 saturated heterocycles. The number of furan rings is 1. The van der Waals surface area contributed by atoms with Crippen LogP contribution in [-0.2, 0) is 20.7 Å². The molecule has 0 aliphatic heterocycles. The lowest BCUT2D eigenvalue weighted by Gasteiger charge is -2.61. The third-order valence-electron chi connectivity index (χ3n) is 7.87. The monoisotopic (exact) mass is 626 g/mol. The first-order valence-corrected chi connectivity index (χ1v) is 16.5. The highest BCUT2D eigenvalue weighted by molar-refractivity contribution is 7.91. The van der Waals surface area contributed by atoms with Crippen molar-refractivity contribution in [3.05, 3.63) is 71.5 Å². The van der Waals surface area contributed by atoms with Gasteiger partial charge in [-0.3, -0.25) is 9.59 Å². The van der Waals surface area contributed by atoms with Crippen molar-refractivity contribution in [2.75, 3.05) is 23.5 Å². The van der Waals surface area contributed by atoms with Gasteiger partial charge >= 0.3 is 0 Å². The molecule has 11 nitrogen and oxygen atoms in total. The summed E-state index contributed by atoms with van der Waals surface area (Å²) in [7, 11) is -5.95. The normalized spacial score (nSPS) is 19.0. The summed E-state index contributed by atoms with van der Waals surface area (Å²) in [6, 6.07) is 13.1. The molecule has 4 aromatic rings. The van der Waals surface area contributed by atoms with E-state index in [2.05, 4.69) is 15.6 Å². The number of anilines is 1. The van der Waals surface area contributed by atoms with Gasteiger partial charge in [-0.2, -0.15) is 4.98 Å². The third-order valence-corrected chi connectivity index (χ3v) is 9.52. The van der Waals surface area contributed by atoms with Crippen LogP contribution in [0.25, 0.3) is 33.6 Å². The second-order valence-corrected chi connectivity index (χ2v) is 14.2. The van der Waals surface area contributed by atoms with Gasteiger partial charge in [-0.15, -0.1) is 0 Å². The van der Waals surface area contributed by atoms with Crippen LogP contribution in [0.4, 0.5) is 10.2 Å². The summed E-state index contributed by atoms with van der Waals surface area (Å²) in [6.07, 6.45) is 3.72. The molecule has 0 radical (unpaired) electrons. The fourth-order valence-electron chi connectivity index (χ4n) is 5.76. The Morgan fingerprint density at radius 2 is 1.77 bits per heavy atom. The minimum absolute atomic E-state index is 0.0535. The van der Waals surface area contributed by atoms with E-state index < -0.39 is 38.3 Å². The van der Waals surface area contributed by atoms with Gasteiger partial charge in [-0.1, -0.05) is 12.1 Å². The molecule has 3 aliphatic carbocycles. The quantitative estimate of drug-likeness (QED) is 0.239. The lowest BCUT2D eigenvalue weighted by Crippen LogP contribution is -2.68. The molecule has 0 spiro atoms. The Morgan fingerprint density at radius 1 is 1.07 bits per heavy atom. The van der Waals surface area contributed by atoms with Crippen LogP contribution in [-0.4, -0.2) is 58.4 Å². The lowest BCUT2D eigenvalue weighted by atomic mass is 9.50. The van der Waals surface area contributed by atoms with Crippen molar-refractivity contribution in [3.8, 4) is 22.5 Å². The van der Waals surface area contributed by atoms with E-state index in [1.54, 1.807) is 24.3 Å². The van der Waals surface area contributed by atoms with Gasteiger partial charge in [0.1, 0.15) is 17.5 Å². The summed E-state index contributed by atoms with van der Waals surface area (Å²) in [4.78, 5) is 30.7. The number of nitrogens with one attached hydrogen (secondary N) is 2. The van der Waals surface area contributed by atoms with Gasteiger partial charge in [0.05, 0.1) is 10.9 Å². The SMILES string of the molecule is CNC(=O)c1c(-c2ccc(F)cc2)oc2nc(N(CS(C)(=O)=O)[SH](=O)=O)c(-c3cccc(C(=O)NC45CC(C4)C5)c3)cc12. The maximum atomic E-state index is 13.7. The zero-order chi connectivity index (χ0) is 30.7. The van der Waals surface area contributed by atoms with Crippen LogP contribution in [0.2, 0.25) is 0 Å². The molecule has 14 heteroatoms. The van der Waals surface area contributed by atoms with E-state index in [9.17, 15) is 30.8 Å². The molecule has 43 heavy (non-hydrogen) atoms. The molecule has 224 valence electrons. The zero-order valence-corrected chi connectivity index (χ0v) is 24.8. The first-order valence-electron chi connectivity index (χ1n) is 13.3. The van der Waals surface area contributed by atoms with Crippen LogP contribution < -0.4 is 14.9 Å². The zero-order valence-electron chi connectivity index (χ0n) is 23.1. The second kappa shape index (κ2) is 10.5. The number of carbonyl (C=O) groups excluding carboxylic acids is 2. The van der Waals surface area contributed by atoms with E-state index in [1.807, 2.05) is 0 Å². The van der Waals surface area contributed by atoms with E-state index in [0.29, 0.717) is 26.9 Å². The predicted octanol–water partition coefficient (Wildman–Crippen LogP) is 3.28. The van der Waals surface area contributed by atoms with Gasteiger partial charge in [-0.25, -0.2) is 25.5 Å². The van der Waals surface area contributed by atoms with E-state index in [4.69, 9.17) is 4.42 Å². The summed E-state index contributed by atoms with van der Waals surface area (Å²) in [6.45, 7) is 0. The van der Waals surface area contributed by atoms with Crippen LogP contribution >= 0.6 is 0 Å². The van der Waals surface area contributed by atoms with E-state index in [-0.39, 0.29) is 45.3 Å². The number of halogens is 1. The first-order chi connectivity index (χ1) is 20.4. The average Bonchev–Trinajstić information content (AvgIpc) is 3.30. The second-order valence-electron chi connectivity index (χ2n) is 11.1. The van der Waals surface area contributed by atoms with Gasteiger partial charge in [-0.05, 0) is 73.2 Å². The van der Waals surface area contributed by atoms with Gasteiger partial charge < -0.3 is 15.1 Å². The number of fused-ring (bicyclic) bond motifs is 1. The molecule has 3 saturated carbocycles. The number of sulfone groups is 1. The maximum Gasteiger partial charge on any atom is 0.255 e. The highest BCUT2D eigenvalue weighted by Gasteiger charge is 2.57. The highest BCUT2D eigenvalue weighted by atomic mass is 32.2. The van der Waals surface area contributed by atoms with Gasteiger partial charge in [0.15, 0.2) is 15.7 Å². The molecule has 2 aromatic heterocycles. The fourth-order valence-corrected chi connectivity index (χ4v) is 7.64. The highest BCUT2D eigenvalue weighted by Crippen LogP contribution is 2.57. The molecule has 2 N–H and O–H groups in total. The van der Waals surface area contributed by atoms with E-state index in [1.165, 1.54) is 37.4 Å². The molecular weight excluding hydrogens is 599 g/mol. The first kappa shape index (κ1) is 28.8. The summed E-state index contributed by atoms with van der Waals surface area (Å²) in [5, 5.41) is 5.83. The minimum atomic E-state index is -3.86. The number of aromatic nitrogens is 1. The number of rotatable bonds is 9. The molecule has 0 unspecified atom stereocenters. The van der Waals surface area contributed by atoms with Crippen molar-refractivity contribution < 1.29 is 35.2 Å². The maximum absolute atomic E-state index is 13.7. The van der Waals surface area contributed by atoms with Crippen LogP contribution in [0.15, 0.2) is 59.0 Å². The number of benzene rings is 2. The van der Waals surface area contributed by atoms with Crippen molar-refractivity contribution in [1.29, 1.82) is 0 Å². The Hall–Kier alpha value is -4.30. The van der Waals surface area contributed by atoms with E-state index >= 15 is 0 Å². The smallest absolute Gasteiger partial charge is 0.255 e. The fraction of sp³-hybridized carbons (Fsp3) is 0.276. The molecule has 2 heterocycles. The number of hydrogen-bond acceptors (Lipinski definition) is 8. The Balaban J connectivity index is 1.56. The Kier molecular flexibility index (Phi) is 7.00. The summed E-state index contributed by atoms with van der Waals surface area (Å²) < 4.78 is 69.6. The number of hydrogen-bond donors (Lipinski definition) is 3. The standard InChI is InChI=1S/C29H27FN4O7S2/c1-31-27(36)23-22-11-21(18-4-3-5-19(10-18)26(35)33-29-12-16(13-29)14-29)25(34(42(37)38)15-43(2,39)40)32-28(22)41-24(23)17-6-8-20(30)9-7-17/h3-11,16,42H,12-15H2,1-2H3,(H,31,36)(H,33,35). The van der Waals surface area contributed by atoms with Crippen LogP contribution in [0.5, 0.6) is 0 Å². The van der Waals surface area contributed by atoms with Crippen molar-refractivity contribution in [2.24, 2.45) is 5.92 Å². The summed E-state index contributed by atoms with van der Waals surface area (Å²) >= 11 is 0. The number of amides is 2. The molecule has 2 amide bonds. The molecule has 3 aliphatic rings. The molecule has 2 bridgehead atoms. The number of thiol groups is 1. The van der Waals surface area contributed by atoms with Crippen molar-refractivity contribution >= 4 is 49.5 Å². The Labute approximate surface area is 248 Å². The molecule has 3 fully saturated rings. The van der Waals surface area contributed by atoms with Crippen LogP contribution in [0.1, 0.15) is 40.0 Å². The minimum Gasteiger partial charge on any atom is -0.437 e. The molecule has 7 rings (SSSR count). The lowest BCUT2D eigenvalue weighted by molar-refractivity contribution is -0.0438. The number of carbonyl (C=O) groups is 2. The number of nitrogens with zero attached hydrogens (tertiary/aromatic N) is 2. The van der Waals surface area contributed by atoms with Crippen molar-refractivity contribution in [3.63, 3.8) is 0 Å².